The Morgan fingerprint density at radius 1 is 1.10 bits per heavy atom. The predicted molar refractivity (Wildman–Crippen MR) is 80.6 cm³/mol. The molecule has 0 N–H and O–H groups in total. The smallest absolute Gasteiger partial charge is 0.298 e. The van der Waals surface area contributed by atoms with E-state index in [1.165, 1.54) is 10.6 Å². The van der Waals surface area contributed by atoms with Gasteiger partial charge < -0.3 is 0 Å². The third kappa shape index (κ3) is 3.20. The van der Waals surface area contributed by atoms with Crippen molar-refractivity contribution in [3.8, 4) is 0 Å². The van der Waals surface area contributed by atoms with Crippen LogP contribution in [0.4, 0.5) is 0 Å². The first-order valence-corrected chi connectivity index (χ1v) is 7.08. The molecule has 0 radical (unpaired) electrons. The van der Waals surface area contributed by atoms with Crippen LogP contribution in [0, 0.1) is 6.92 Å². The Hall–Kier alpha value is -1.81. The third-order valence-electron chi connectivity index (χ3n) is 3.18. The summed E-state index contributed by atoms with van der Waals surface area (Å²) in [5.41, 5.74) is 1.07. The first-order chi connectivity index (χ1) is 9.63. The van der Waals surface area contributed by atoms with E-state index in [9.17, 15) is 9.59 Å². The van der Waals surface area contributed by atoms with E-state index >= 15 is 0 Å². The summed E-state index contributed by atoms with van der Waals surface area (Å²) >= 11 is 5.67. The number of hydrogen-bond acceptors (Lipinski definition) is 2. The Morgan fingerprint density at radius 2 is 1.80 bits per heavy atom. The van der Waals surface area contributed by atoms with E-state index in [-0.39, 0.29) is 11.2 Å². The fraction of sp³-hybridized carbons (Fsp3) is 0.333. The van der Waals surface area contributed by atoms with Crippen LogP contribution < -0.4 is 11.2 Å². The molecule has 106 valence electrons. The Morgan fingerprint density at radius 3 is 2.45 bits per heavy atom. The maximum atomic E-state index is 12.4. The highest BCUT2D eigenvalue weighted by Gasteiger charge is 2.09. The minimum atomic E-state index is -0.274. The Labute approximate surface area is 122 Å². The molecule has 1 aromatic heterocycles. The highest BCUT2D eigenvalue weighted by molar-refractivity contribution is 6.17. The van der Waals surface area contributed by atoms with Crippen molar-refractivity contribution in [3.05, 3.63) is 68.5 Å². The van der Waals surface area contributed by atoms with Gasteiger partial charge in [-0.05, 0) is 18.9 Å². The van der Waals surface area contributed by atoms with E-state index in [1.54, 1.807) is 11.5 Å². The number of aromatic nitrogens is 2. The van der Waals surface area contributed by atoms with Crippen LogP contribution in [0.5, 0.6) is 0 Å². The van der Waals surface area contributed by atoms with E-state index in [0.717, 1.165) is 5.56 Å². The molecule has 0 unspecified atom stereocenters. The molecule has 0 aliphatic heterocycles. The zero-order chi connectivity index (χ0) is 14.5. The largest absolute Gasteiger partial charge is 0.331 e. The summed E-state index contributed by atoms with van der Waals surface area (Å²) in [7, 11) is 0. The first kappa shape index (κ1) is 14.6. The standard InChI is InChI=1S/C15H17ClN2O2/c1-12-10-14(19)18(11-13-6-3-2-4-7-13)15(20)17(12)9-5-8-16/h2-4,6-7,10H,5,8-9,11H2,1H3. The number of alkyl halides is 1. The summed E-state index contributed by atoms with van der Waals surface area (Å²) in [6, 6.07) is 11.0. The highest BCUT2D eigenvalue weighted by Crippen LogP contribution is 2.00. The Kier molecular flexibility index (Phi) is 4.79. The van der Waals surface area contributed by atoms with Crippen LogP contribution >= 0.6 is 11.6 Å². The van der Waals surface area contributed by atoms with Gasteiger partial charge in [0, 0.05) is 24.2 Å². The second-order valence-corrected chi connectivity index (χ2v) is 5.05. The molecular weight excluding hydrogens is 276 g/mol. The van der Waals surface area contributed by atoms with Crippen LogP contribution in [-0.4, -0.2) is 15.0 Å². The third-order valence-corrected chi connectivity index (χ3v) is 3.45. The zero-order valence-corrected chi connectivity index (χ0v) is 12.1. The van der Waals surface area contributed by atoms with Crippen molar-refractivity contribution >= 4 is 11.6 Å². The predicted octanol–water partition coefficient (Wildman–Crippen LogP) is 2.00. The van der Waals surface area contributed by atoms with Crippen molar-refractivity contribution in [2.45, 2.75) is 26.4 Å². The lowest BCUT2D eigenvalue weighted by molar-refractivity contribution is 0.558. The molecule has 0 aliphatic rings. The van der Waals surface area contributed by atoms with Gasteiger partial charge in [-0.15, -0.1) is 11.6 Å². The van der Waals surface area contributed by atoms with Crippen LogP contribution in [0.3, 0.4) is 0 Å². The van der Waals surface area contributed by atoms with Crippen molar-refractivity contribution in [2.75, 3.05) is 5.88 Å². The summed E-state index contributed by atoms with van der Waals surface area (Å²) in [6.07, 6.45) is 0.700. The summed E-state index contributed by atoms with van der Waals surface area (Å²) < 4.78 is 2.86. The lowest BCUT2D eigenvalue weighted by Gasteiger charge is -2.12. The van der Waals surface area contributed by atoms with E-state index in [4.69, 9.17) is 11.6 Å². The second-order valence-electron chi connectivity index (χ2n) is 4.67. The molecule has 0 spiro atoms. The molecule has 0 amide bonds. The van der Waals surface area contributed by atoms with Crippen molar-refractivity contribution in [1.29, 1.82) is 0 Å². The fourth-order valence-corrected chi connectivity index (χ4v) is 2.25. The minimum absolute atomic E-state index is 0.265. The monoisotopic (exact) mass is 292 g/mol. The van der Waals surface area contributed by atoms with Crippen LogP contribution in [0.25, 0.3) is 0 Å². The molecule has 1 aromatic carbocycles. The van der Waals surface area contributed by atoms with Crippen molar-refractivity contribution in [1.82, 2.24) is 9.13 Å². The average Bonchev–Trinajstić information content (AvgIpc) is 2.44. The summed E-state index contributed by atoms with van der Waals surface area (Å²) in [5, 5.41) is 0. The van der Waals surface area contributed by atoms with Crippen LogP contribution in [0.2, 0.25) is 0 Å². The molecule has 5 heteroatoms. The summed E-state index contributed by atoms with van der Waals surface area (Å²) in [4.78, 5) is 24.4. The van der Waals surface area contributed by atoms with Gasteiger partial charge >= 0.3 is 5.69 Å². The van der Waals surface area contributed by atoms with Gasteiger partial charge in [0.2, 0.25) is 0 Å². The van der Waals surface area contributed by atoms with Gasteiger partial charge in [0.05, 0.1) is 6.54 Å². The highest BCUT2D eigenvalue weighted by atomic mass is 35.5. The summed E-state index contributed by atoms with van der Waals surface area (Å²) in [5.74, 6) is 0.490. The van der Waals surface area contributed by atoms with Crippen molar-refractivity contribution in [2.24, 2.45) is 0 Å². The first-order valence-electron chi connectivity index (χ1n) is 6.54. The molecule has 0 atom stereocenters. The van der Waals surface area contributed by atoms with Gasteiger partial charge in [0.1, 0.15) is 0 Å². The van der Waals surface area contributed by atoms with Gasteiger partial charge in [-0.3, -0.25) is 13.9 Å². The number of rotatable bonds is 5. The topological polar surface area (TPSA) is 44.0 Å². The van der Waals surface area contributed by atoms with Gasteiger partial charge in [-0.2, -0.15) is 0 Å². The number of nitrogens with zero attached hydrogens (tertiary/aromatic N) is 2. The molecule has 0 bridgehead atoms. The molecule has 0 aliphatic carbocycles. The lowest BCUT2D eigenvalue weighted by atomic mass is 10.2. The number of hydrogen-bond donors (Lipinski definition) is 0. The number of halogens is 1. The van der Waals surface area contributed by atoms with E-state index in [2.05, 4.69) is 0 Å². The van der Waals surface area contributed by atoms with Crippen LogP contribution in [-0.2, 0) is 13.1 Å². The van der Waals surface area contributed by atoms with Crippen LogP contribution in [0.15, 0.2) is 46.0 Å². The van der Waals surface area contributed by atoms with Gasteiger partial charge in [-0.25, -0.2) is 4.79 Å². The van der Waals surface area contributed by atoms with Crippen LogP contribution in [0.1, 0.15) is 17.7 Å². The van der Waals surface area contributed by atoms with E-state index in [1.807, 2.05) is 30.3 Å². The second kappa shape index (κ2) is 6.57. The fourth-order valence-electron chi connectivity index (χ4n) is 2.13. The van der Waals surface area contributed by atoms with Gasteiger partial charge in [0.25, 0.3) is 5.56 Å². The molecule has 2 rings (SSSR count). The minimum Gasteiger partial charge on any atom is -0.298 e. The molecule has 1 heterocycles. The van der Waals surface area contributed by atoms with Gasteiger partial charge in [0.15, 0.2) is 0 Å². The van der Waals surface area contributed by atoms with E-state index < -0.39 is 0 Å². The maximum Gasteiger partial charge on any atom is 0.331 e. The Bertz CT molecular complexity index is 689. The van der Waals surface area contributed by atoms with Crippen molar-refractivity contribution in [3.63, 3.8) is 0 Å². The lowest BCUT2D eigenvalue weighted by Crippen LogP contribution is -2.40. The molecule has 0 saturated carbocycles. The average molecular weight is 293 g/mol. The van der Waals surface area contributed by atoms with Crippen molar-refractivity contribution < 1.29 is 0 Å². The molecular formula is C15H17ClN2O2. The molecule has 2 aromatic rings. The SMILES string of the molecule is Cc1cc(=O)n(Cc2ccccc2)c(=O)n1CCCCl. The molecule has 0 saturated heterocycles. The molecule has 0 fully saturated rings. The van der Waals surface area contributed by atoms with Gasteiger partial charge in [-0.1, -0.05) is 30.3 Å². The zero-order valence-electron chi connectivity index (χ0n) is 11.4. The molecule has 4 nitrogen and oxygen atoms in total. The quantitative estimate of drug-likeness (QED) is 0.791. The normalized spacial score (nSPS) is 10.7. The van der Waals surface area contributed by atoms with E-state index in [0.29, 0.717) is 31.1 Å². The molecule has 20 heavy (non-hydrogen) atoms. The number of benzene rings is 1. The maximum absolute atomic E-state index is 12.4. The summed E-state index contributed by atoms with van der Waals surface area (Å²) in [6.45, 7) is 2.59. The Balaban J connectivity index is 2.43. The number of aryl methyl sites for hydroxylation is 1.